The Bertz CT molecular complexity index is 1060. The summed E-state index contributed by atoms with van der Waals surface area (Å²) in [5, 5.41) is 9.62. The number of hydrogen-bond donors (Lipinski definition) is 0. The van der Waals surface area contributed by atoms with Crippen LogP contribution < -0.4 is 9.64 Å². The third-order valence-corrected chi connectivity index (χ3v) is 6.82. The molecule has 3 heterocycles. The number of thioether (sulfide) groups is 1. The molecular weight excluding hydrogens is 424 g/mol. The Morgan fingerprint density at radius 1 is 1.09 bits per heavy atom. The maximum absolute atomic E-state index is 12.9. The number of aromatic nitrogens is 4. The number of anilines is 1. The van der Waals surface area contributed by atoms with E-state index in [0.29, 0.717) is 11.8 Å². The number of hydrogen-bond acceptors (Lipinski definition) is 7. The summed E-state index contributed by atoms with van der Waals surface area (Å²) in [7, 11) is 1.67. The molecule has 0 unspecified atom stereocenters. The molecule has 1 aromatic carbocycles. The number of ether oxygens (including phenoxy) is 1. The van der Waals surface area contributed by atoms with E-state index in [1.807, 2.05) is 35.4 Å². The molecule has 3 aromatic rings. The van der Waals surface area contributed by atoms with Crippen molar-refractivity contribution in [2.75, 3.05) is 43.9 Å². The molecule has 0 radical (unpaired) electrons. The Morgan fingerprint density at radius 2 is 1.88 bits per heavy atom. The monoisotopic (exact) mass is 450 g/mol. The highest BCUT2D eigenvalue weighted by molar-refractivity contribution is 7.99. The van der Waals surface area contributed by atoms with Crippen LogP contribution in [0.25, 0.3) is 11.4 Å². The van der Waals surface area contributed by atoms with Crippen LogP contribution in [0, 0.1) is 0 Å². The second-order valence-corrected chi connectivity index (χ2v) is 8.95. The minimum atomic E-state index is 0.151. The zero-order chi connectivity index (χ0) is 21.9. The summed E-state index contributed by atoms with van der Waals surface area (Å²) in [6, 6.07) is 12.4. The zero-order valence-electron chi connectivity index (χ0n) is 18.1. The van der Waals surface area contributed by atoms with Crippen molar-refractivity contribution in [2.45, 2.75) is 24.0 Å². The Balaban J connectivity index is 1.18. The Kier molecular flexibility index (Phi) is 5.98. The van der Waals surface area contributed by atoms with Crippen LogP contribution in [0.2, 0.25) is 0 Å². The number of pyridine rings is 1. The third kappa shape index (κ3) is 4.43. The number of benzene rings is 1. The summed E-state index contributed by atoms with van der Waals surface area (Å²) in [5.41, 5.74) is 2.12. The average Bonchev–Trinajstić information content (AvgIpc) is 3.61. The molecule has 1 aliphatic heterocycles. The maximum Gasteiger partial charge on any atom is 0.233 e. The topological polar surface area (TPSA) is 76.4 Å². The summed E-state index contributed by atoms with van der Waals surface area (Å²) >= 11 is 1.48. The molecule has 0 bridgehead atoms. The van der Waals surface area contributed by atoms with Gasteiger partial charge in [-0.05, 0) is 49.2 Å². The van der Waals surface area contributed by atoms with E-state index in [1.165, 1.54) is 11.8 Å². The molecule has 2 fully saturated rings. The molecular formula is C23H26N6O2S. The molecule has 8 nitrogen and oxygen atoms in total. The molecule has 1 saturated heterocycles. The molecule has 0 N–H and O–H groups in total. The number of piperazine rings is 1. The van der Waals surface area contributed by atoms with Crippen LogP contribution in [-0.4, -0.2) is 69.6 Å². The van der Waals surface area contributed by atoms with Gasteiger partial charge in [-0.25, -0.2) is 0 Å². The lowest BCUT2D eigenvalue weighted by Crippen LogP contribution is -2.49. The van der Waals surface area contributed by atoms with Gasteiger partial charge in [0.25, 0.3) is 0 Å². The minimum absolute atomic E-state index is 0.151. The van der Waals surface area contributed by atoms with E-state index in [-0.39, 0.29) is 5.91 Å². The molecule has 32 heavy (non-hydrogen) atoms. The number of amides is 1. The lowest BCUT2D eigenvalue weighted by atomic mass is 10.2. The molecule has 0 atom stereocenters. The van der Waals surface area contributed by atoms with Gasteiger partial charge in [-0.3, -0.25) is 14.3 Å². The predicted molar refractivity (Wildman–Crippen MR) is 124 cm³/mol. The normalized spacial score (nSPS) is 16.3. The number of rotatable bonds is 7. The van der Waals surface area contributed by atoms with Crippen molar-refractivity contribution in [1.82, 2.24) is 24.6 Å². The highest BCUT2D eigenvalue weighted by Crippen LogP contribution is 2.41. The van der Waals surface area contributed by atoms with Crippen molar-refractivity contribution in [1.29, 1.82) is 0 Å². The van der Waals surface area contributed by atoms with Crippen molar-refractivity contribution >= 4 is 23.4 Å². The highest BCUT2D eigenvalue weighted by Gasteiger charge is 2.31. The van der Waals surface area contributed by atoms with Gasteiger partial charge < -0.3 is 14.5 Å². The zero-order valence-corrected chi connectivity index (χ0v) is 18.9. The average molecular weight is 451 g/mol. The highest BCUT2D eigenvalue weighted by atomic mass is 32.2. The van der Waals surface area contributed by atoms with Crippen molar-refractivity contribution in [2.24, 2.45) is 0 Å². The molecule has 166 valence electrons. The third-order valence-electron chi connectivity index (χ3n) is 5.89. The molecule has 1 saturated carbocycles. The van der Waals surface area contributed by atoms with Gasteiger partial charge in [-0.15, -0.1) is 10.2 Å². The fourth-order valence-corrected chi connectivity index (χ4v) is 4.86. The number of nitrogens with zero attached hydrogens (tertiary/aromatic N) is 6. The first kappa shape index (κ1) is 20.8. The summed E-state index contributed by atoms with van der Waals surface area (Å²) in [5.74, 6) is 2.21. The number of carbonyl (C=O) groups excluding carboxylic acids is 1. The second-order valence-electron chi connectivity index (χ2n) is 8.00. The fourth-order valence-electron chi connectivity index (χ4n) is 3.95. The standard InChI is InChI=1S/C23H26N6O2S/c1-31-20-8-6-18(7-9-20)27-11-13-28(14-12-27)21(30)16-32-23-26-25-22(29(23)19-4-5-19)17-3-2-10-24-15-17/h2-3,6-10,15,19H,4-5,11-14,16H2,1H3. The van der Waals surface area contributed by atoms with E-state index in [2.05, 4.69) is 36.8 Å². The Labute approximate surface area is 191 Å². The lowest BCUT2D eigenvalue weighted by Gasteiger charge is -2.36. The summed E-state index contributed by atoms with van der Waals surface area (Å²) in [6.07, 6.45) is 5.81. The van der Waals surface area contributed by atoms with E-state index < -0.39 is 0 Å². The van der Waals surface area contributed by atoms with E-state index in [0.717, 1.165) is 67.0 Å². The Hall–Kier alpha value is -3.07. The SMILES string of the molecule is COc1ccc(N2CCN(C(=O)CSc3nnc(-c4cccnc4)n3C3CC3)CC2)cc1. The van der Waals surface area contributed by atoms with Gasteiger partial charge in [0, 0.05) is 55.9 Å². The van der Waals surface area contributed by atoms with Gasteiger partial charge in [0.15, 0.2) is 11.0 Å². The van der Waals surface area contributed by atoms with Crippen LogP contribution >= 0.6 is 11.8 Å². The van der Waals surface area contributed by atoms with Gasteiger partial charge in [-0.2, -0.15) is 0 Å². The van der Waals surface area contributed by atoms with Gasteiger partial charge in [0.05, 0.1) is 12.9 Å². The van der Waals surface area contributed by atoms with Crippen LogP contribution in [0.15, 0.2) is 53.9 Å². The van der Waals surface area contributed by atoms with Gasteiger partial charge in [0.1, 0.15) is 5.75 Å². The van der Waals surface area contributed by atoms with E-state index >= 15 is 0 Å². The predicted octanol–water partition coefficient (Wildman–Crippen LogP) is 3.12. The van der Waals surface area contributed by atoms with Crippen molar-refractivity contribution in [3.63, 3.8) is 0 Å². The molecule has 1 amide bonds. The quantitative estimate of drug-likeness (QED) is 0.512. The molecule has 2 aromatic heterocycles. The van der Waals surface area contributed by atoms with Crippen LogP contribution in [-0.2, 0) is 4.79 Å². The molecule has 5 rings (SSSR count). The van der Waals surface area contributed by atoms with E-state index in [4.69, 9.17) is 4.74 Å². The van der Waals surface area contributed by atoms with Crippen molar-refractivity contribution in [3.05, 3.63) is 48.8 Å². The van der Waals surface area contributed by atoms with E-state index in [1.54, 1.807) is 13.3 Å². The first-order valence-electron chi connectivity index (χ1n) is 10.9. The van der Waals surface area contributed by atoms with Crippen LogP contribution in [0.1, 0.15) is 18.9 Å². The summed E-state index contributed by atoms with van der Waals surface area (Å²) in [6.45, 7) is 3.10. The summed E-state index contributed by atoms with van der Waals surface area (Å²) in [4.78, 5) is 21.3. The Morgan fingerprint density at radius 3 is 2.53 bits per heavy atom. The first-order valence-corrected chi connectivity index (χ1v) is 11.9. The lowest BCUT2D eigenvalue weighted by molar-refractivity contribution is -0.128. The second kappa shape index (κ2) is 9.20. The van der Waals surface area contributed by atoms with Crippen LogP contribution in [0.3, 0.4) is 0 Å². The van der Waals surface area contributed by atoms with Gasteiger partial charge in [0.2, 0.25) is 5.91 Å². The molecule has 9 heteroatoms. The maximum atomic E-state index is 12.9. The minimum Gasteiger partial charge on any atom is -0.497 e. The van der Waals surface area contributed by atoms with Crippen molar-refractivity contribution in [3.8, 4) is 17.1 Å². The van der Waals surface area contributed by atoms with Gasteiger partial charge >= 0.3 is 0 Å². The van der Waals surface area contributed by atoms with Crippen LogP contribution in [0.5, 0.6) is 5.75 Å². The number of carbonyl (C=O) groups is 1. The summed E-state index contributed by atoms with van der Waals surface area (Å²) < 4.78 is 7.41. The van der Waals surface area contributed by atoms with Crippen molar-refractivity contribution < 1.29 is 9.53 Å². The molecule has 1 aliphatic carbocycles. The first-order chi connectivity index (χ1) is 15.7. The number of methoxy groups -OCH3 is 1. The van der Waals surface area contributed by atoms with Crippen LogP contribution in [0.4, 0.5) is 5.69 Å². The molecule has 2 aliphatic rings. The molecule has 0 spiro atoms. The smallest absolute Gasteiger partial charge is 0.233 e. The fraction of sp³-hybridized carbons (Fsp3) is 0.391. The van der Waals surface area contributed by atoms with Gasteiger partial charge in [-0.1, -0.05) is 11.8 Å². The van der Waals surface area contributed by atoms with E-state index in [9.17, 15) is 4.79 Å². The largest absolute Gasteiger partial charge is 0.497 e.